The number of thiophene rings is 2. The molecule has 1 N–H and O–H groups in total. The molecule has 0 aromatic carbocycles. The van der Waals surface area contributed by atoms with E-state index in [9.17, 15) is 18.4 Å². The Balaban J connectivity index is 1.96. The molecule has 0 radical (unpaired) electrons. The lowest BCUT2D eigenvalue weighted by molar-refractivity contribution is -0.130. The number of rotatable bonds is 10. The van der Waals surface area contributed by atoms with Gasteiger partial charge in [-0.15, -0.1) is 27.8 Å². The van der Waals surface area contributed by atoms with Gasteiger partial charge in [0.1, 0.15) is 16.7 Å². The molecule has 0 aliphatic rings. The number of amides is 2. The van der Waals surface area contributed by atoms with Crippen molar-refractivity contribution in [1.82, 2.24) is 15.5 Å². The molecular formula is C27H36F2N4O5S2. The highest BCUT2D eigenvalue weighted by atomic mass is 32.1. The monoisotopic (exact) mass is 598 g/mol. The quantitative estimate of drug-likeness (QED) is 0.266. The number of ether oxygens (including phenoxy) is 3. The molecule has 3 rings (SSSR count). The number of aromatic nitrogens is 2. The molecule has 0 spiro atoms. The van der Waals surface area contributed by atoms with Gasteiger partial charge in [0, 0.05) is 22.2 Å². The molecule has 40 heavy (non-hydrogen) atoms. The third-order valence-corrected chi connectivity index (χ3v) is 7.63. The van der Waals surface area contributed by atoms with Gasteiger partial charge in [-0.05, 0) is 71.9 Å². The Bertz CT molecular complexity index is 1290. The van der Waals surface area contributed by atoms with Crippen LogP contribution >= 0.6 is 22.7 Å². The van der Waals surface area contributed by atoms with E-state index in [1.165, 1.54) is 28.9 Å². The van der Waals surface area contributed by atoms with Gasteiger partial charge in [-0.3, -0.25) is 4.90 Å². The Labute approximate surface area is 240 Å². The maximum atomic E-state index is 13.3. The van der Waals surface area contributed by atoms with Crippen molar-refractivity contribution in [2.45, 2.75) is 91.7 Å². The molecule has 2 amide bonds. The Morgan fingerprint density at radius 3 is 2.42 bits per heavy atom. The van der Waals surface area contributed by atoms with E-state index in [2.05, 4.69) is 20.3 Å². The first-order chi connectivity index (χ1) is 18.6. The van der Waals surface area contributed by atoms with Crippen molar-refractivity contribution in [3.63, 3.8) is 0 Å². The van der Waals surface area contributed by atoms with Crippen LogP contribution in [0.2, 0.25) is 0 Å². The van der Waals surface area contributed by atoms with Crippen molar-refractivity contribution < 1.29 is 32.6 Å². The van der Waals surface area contributed by atoms with Gasteiger partial charge < -0.3 is 19.5 Å². The van der Waals surface area contributed by atoms with E-state index in [0.717, 1.165) is 20.0 Å². The van der Waals surface area contributed by atoms with E-state index in [4.69, 9.17) is 9.47 Å². The van der Waals surface area contributed by atoms with Crippen molar-refractivity contribution in [2.24, 2.45) is 0 Å². The van der Waals surface area contributed by atoms with Crippen LogP contribution in [0.1, 0.15) is 63.3 Å². The van der Waals surface area contributed by atoms with Gasteiger partial charge in [-0.25, -0.2) is 9.59 Å². The molecule has 3 heterocycles. The van der Waals surface area contributed by atoms with Crippen molar-refractivity contribution in [1.29, 1.82) is 0 Å². The number of carbonyl (C=O) groups is 2. The lowest BCUT2D eigenvalue weighted by Gasteiger charge is -2.27. The van der Waals surface area contributed by atoms with Gasteiger partial charge in [0.05, 0.1) is 29.7 Å². The molecule has 0 fully saturated rings. The van der Waals surface area contributed by atoms with E-state index in [1.54, 1.807) is 46.4 Å². The summed E-state index contributed by atoms with van der Waals surface area (Å²) in [4.78, 5) is 29.2. The minimum absolute atomic E-state index is 0.137. The highest BCUT2D eigenvalue weighted by Gasteiger charge is 2.28. The summed E-state index contributed by atoms with van der Waals surface area (Å²) >= 11 is 2.93. The largest absolute Gasteiger partial charge is 0.444 e. The average Bonchev–Trinajstić information content (AvgIpc) is 3.43. The zero-order valence-electron chi connectivity index (χ0n) is 23.7. The van der Waals surface area contributed by atoms with E-state index in [-0.39, 0.29) is 19.6 Å². The zero-order chi connectivity index (χ0) is 29.7. The minimum Gasteiger partial charge on any atom is -0.444 e. The number of anilines is 1. The maximum absolute atomic E-state index is 13.3. The fraction of sp³-hybridized carbons (Fsp3) is 0.556. The Hall–Kier alpha value is -2.90. The second-order valence-electron chi connectivity index (χ2n) is 11.2. The van der Waals surface area contributed by atoms with Crippen LogP contribution in [-0.2, 0) is 27.2 Å². The number of alkyl halides is 2. The van der Waals surface area contributed by atoms with Crippen molar-refractivity contribution in [2.75, 3.05) is 11.5 Å². The highest BCUT2D eigenvalue weighted by molar-refractivity contribution is 7.19. The molecular weight excluding hydrogens is 562 g/mol. The summed E-state index contributed by atoms with van der Waals surface area (Å²) in [5.74, 6) is 0. The summed E-state index contributed by atoms with van der Waals surface area (Å²) in [6.45, 7) is 9.64. The van der Waals surface area contributed by atoms with Crippen LogP contribution in [0.5, 0.6) is 0 Å². The van der Waals surface area contributed by atoms with E-state index < -0.39 is 36.0 Å². The van der Waals surface area contributed by atoms with Crippen LogP contribution < -0.4 is 10.2 Å². The topological polar surface area (TPSA) is 103 Å². The van der Waals surface area contributed by atoms with E-state index in [0.29, 0.717) is 17.6 Å². The molecule has 0 saturated carbocycles. The van der Waals surface area contributed by atoms with Crippen LogP contribution in [0.25, 0.3) is 10.2 Å². The molecule has 220 valence electrons. The SMILES string of the molecule is Cc1c(C[C@H](CCOC(F)F)NC(=O)OC(C)(C)C)sc2c(N(Cc3cccs3)C(=O)OC(C)(C)C)cnnc12. The lowest BCUT2D eigenvalue weighted by Crippen LogP contribution is -2.40. The number of alkyl carbamates (subject to hydrolysis) is 1. The first-order valence-electron chi connectivity index (χ1n) is 12.8. The molecule has 3 aromatic rings. The number of hydrogen-bond donors (Lipinski definition) is 1. The van der Waals surface area contributed by atoms with Gasteiger partial charge in [0.2, 0.25) is 0 Å². The zero-order valence-corrected chi connectivity index (χ0v) is 25.4. The maximum Gasteiger partial charge on any atom is 0.415 e. The smallest absolute Gasteiger partial charge is 0.415 e. The number of fused-ring (bicyclic) bond motifs is 1. The third kappa shape index (κ3) is 9.34. The molecule has 3 aromatic heterocycles. The first-order valence-corrected chi connectivity index (χ1v) is 14.5. The predicted octanol–water partition coefficient (Wildman–Crippen LogP) is 7.07. The summed E-state index contributed by atoms with van der Waals surface area (Å²) < 4.78 is 41.5. The molecule has 13 heteroatoms. The van der Waals surface area contributed by atoms with Gasteiger partial charge in [0.15, 0.2) is 0 Å². The van der Waals surface area contributed by atoms with Crippen LogP contribution in [0.4, 0.5) is 24.1 Å². The predicted molar refractivity (Wildman–Crippen MR) is 152 cm³/mol. The van der Waals surface area contributed by atoms with Crippen LogP contribution in [0.15, 0.2) is 23.7 Å². The second-order valence-corrected chi connectivity index (χ2v) is 13.3. The summed E-state index contributed by atoms with van der Waals surface area (Å²) in [7, 11) is 0. The number of halogens is 2. The average molecular weight is 599 g/mol. The number of aryl methyl sites for hydroxylation is 1. The molecule has 0 aliphatic carbocycles. The van der Waals surface area contributed by atoms with Gasteiger partial charge in [-0.1, -0.05) is 6.07 Å². The number of carbonyl (C=O) groups excluding carboxylic acids is 2. The fourth-order valence-electron chi connectivity index (χ4n) is 3.78. The van der Waals surface area contributed by atoms with E-state index >= 15 is 0 Å². The van der Waals surface area contributed by atoms with Gasteiger partial charge >= 0.3 is 18.8 Å². The Kier molecular flexibility index (Phi) is 10.4. The number of nitrogens with one attached hydrogen (secondary N) is 1. The lowest BCUT2D eigenvalue weighted by atomic mass is 10.1. The summed E-state index contributed by atoms with van der Waals surface area (Å²) in [5, 5.41) is 13.2. The molecule has 9 nitrogen and oxygen atoms in total. The summed E-state index contributed by atoms with van der Waals surface area (Å²) in [6.07, 6.45) is 0.817. The third-order valence-electron chi connectivity index (χ3n) is 5.45. The van der Waals surface area contributed by atoms with E-state index in [1.807, 2.05) is 24.4 Å². The van der Waals surface area contributed by atoms with Crippen molar-refractivity contribution in [3.05, 3.63) is 39.0 Å². The van der Waals surface area contributed by atoms with Crippen LogP contribution in [-0.4, -0.2) is 52.8 Å². The van der Waals surface area contributed by atoms with Crippen molar-refractivity contribution in [3.8, 4) is 0 Å². The highest BCUT2D eigenvalue weighted by Crippen LogP contribution is 2.38. The van der Waals surface area contributed by atoms with Crippen molar-refractivity contribution >= 4 is 50.8 Å². The summed E-state index contributed by atoms with van der Waals surface area (Å²) in [6, 6.07) is 3.30. The van der Waals surface area contributed by atoms with Crippen LogP contribution in [0, 0.1) is 6.92 Å². The number of nitrogens with zero attached hydrogens (tertiary/aromatic N) is 3. The normalized spacial score (nSPS) is 12.9. The molecule has 0 aliphatic heterocycles. The second kappa shape index (κ2) is 13.2. The molecule has 1 atom stereocenters. The van der Waals surface area contributed by atoms with Crippen LogP contribution in [0.3, 0.4) is 0 Å². The van der Waals surface area contributed by atoms with Gasteiger partial charge in [0.25, 0.3) is 0 Å². The number of hydrogen-bond acceptors (Lipinski definition) is 9. The summed E-state index contributed by atoms with van der Waals surface area (Å²) in [5.41, 5.74) is 0.545. The van der Waals surface area contributed by atoms with Gasteiger partial charge in [-0.2, -0.15) is 13.9 Å². The standard InChI is InChI=1S/C27H36F2N4O5S2/c1-16-20(13-17(10-11-36-23(28)29)31-24(34)37-26(2,3)4)40-22-19(14-30-32-21(16)22)33(15-18-9-8-12-39-18)25(35)38-27(5,6)7/h8-9,12,14,17,23H,10-11,13,15H2,1-7H3,(H,31,34)/t17-/m0/s1. The fourth-order valence-corrected chi connectivity index (χ4v) is 5.81. The molecule has 0 unspecified atom stereocenters. The molecule has 0 saturated heterocycles. The Morgan fingerprint density at radius 1 is 1.12 bits per heavy atom. The first kappa shape index (κ1) is 31.6. The Morgan fingerprint density at radius 2 is 1.82 bits per heavy atom. The molecule has 0 bridgehead atoms. The minimum atomic E-state index is -2.91.